The second kappa shape index (κ2) is 45.9. The third-order valence-corrected chi connectivity index (χ3v) is 13.4. The van der Waals surface area contributed by atoms with E-state index in [1.54, 1.807) is 85.5 Å². The largest absolute Gasteiger partial charge is 3.00 e. The zero-order chi connectivity index (χ0) is 78.4. The molecule has 7 heterocycles. The van der Waals surface area contributed by atoms with Crippen LogP contribution in [-0.4, -0.2) is 81.5 Å². The van der Waals surface area contributed by atoms with E-state index in [0.717, 1.165) is 72.8 Å². The van der Waals surface area contributed by atoms with Crippen LogP contribution >= 0.6 is 0 Å². The molecule has 0 fully saturated rings. The Hall–Kier alpha value is -10.7. The van der Waals surface area contributed by atoms with Crippen molar-refractivity contribution in [2.45, 2.75) is 54.8 Å². The molecule has 0 bridgehead atoms. The second-order valence-electron chi connectivity index (χ2n) is 23.6. The number of halogens is 12. The van der Waals surface area contributed by atoms with E-state index in [9.17, 15) is 67.4 Å². The minimum atomic E-state index is -0.990. The number of aliphatic hydroxyl groups excluding tert-OH is 3. The predicted octanol–water partition coefficient (Wildman–Crippen LogP) is 17.2. The van der Waals surface area contributed by atoms with E-state index in [-0.39, 0.29) is 130 Å². The van der Waals surface area contributed by atoms with Gasteiger partial charge in [0.05, 0.1) is 13.2 Å². The first-order valence-electron chi connectivity index (χ1n) is 31.2. The molecule has 0 spiro atoms. The molecule has 2 radical (unpaired) electrons. The summed E-state index contributed by atoms with van der Waals surface area (Å²) in [5.41, 5.74) is 2.37. The molecule has 0 saturated heterocycles. The molecule has 7 aromatic heterocycles. The fraction of sp³-hybridized carbons (Fsp3) is 0.127. The van der Waals surface area contributed by atoms with Crippen LogP contribution in [0.25, 0.3) is 50.8 Å². The molecule has 0 amide bonds. The van der Waals surface area contributed by atoms with Gasteiger partial charge in [0.25, 0.3) is 0 Å². The van der Waals surface area contributed by atoms with E-state index in [2.05, 4.69) is 71.6 Å². The Morgan fingerprint density at radius 1 is 0.391 bits per heavy atom. The van der Waals surface area contributed by atoms with Crippen LogP contribution < -0.4 is 0 Å². The van der Waals surface area contributed by atoms with Crippen molar-refractivity contribution >= 4 is 11.8 Å². The van der Waals surface area contributed by atoms with E-state index >= 15 is 0 Å². The maximum Gasteiger partial charge on any atom is 3.00 e. The molecule has 0 atom stereocenters. The number of aliphatic hydroxyl groups is 3. The van der Waals surface area contributed by atoms with E-state index < -0.39 is 81.2 Å². The van der Waals surface area contributed by atoms with Gasteiger partial charge in [-0.3, -0.25) is 71.5 Å². The third-order valence-electron chi connectivity index (χ3n) is 13.4. The number of carbonyl (C=O) groups is 2. The summed E-state index contributed by atoms with van der Waals surface area (Å²) in [4.78, 5) is 37.0. The average molecular weight is 2050 g/mol. The summed E-state index contributed by atoms with van der Waals surface area (Å²) in [7, 11) is 0. The normalized spacial score (nSPS) is 10.4. The molecule has 0 aliphatic rings. The number of ketones is 1. The molecule has 31 heteroatoms. The molecule has 0 saturated carbocycles. The minimum absolute atomic E-state index is 0. The average Bonchev–Trinajstić information content (AvgIpc) is 1.26. The molecule has 16 nitrogen and oxygen atoms in total. The smallest absolute Gasteiger partial charge is 0.512 e. The summed E-state index contributed by atoms with van der Waals surface area (Å²) < 4.78 is 159. The number of benzene rings is 6. The van der Waals surface area contributed by atoms with Crippen LogP contribution in [-0.2, 0) is 78.3 Å². The molecule has 4 N–H and O–H groups in total. The number of nitrogens with zero attached hydrogens (tertiary/aromatic N) is 10. The van der Waals surface area contributed by atoms with Gasteiger partial charge in [-0.05, 0) is 93.8 Å². The van der Waals surface area contributed by atoms with Crippen LogP contribution in [0.2, 0.25) is 0 Å². The number of pyridine rings is 4. The Kier molecular flexibility index (Phi) is 39.0. The van der Waals surface area contributed by atoms with E-state index in [1.807, 2.05) is 41.5 Å². The molecule has 0 unspecified atom stereocenters. The van der Waals surface area contributed by atoms with Gasteiger partial charge in [0.1, 0.15) is 11.5 Å². The molecular formula is C79H62F12Ir3N10O6-3. The fourth-order valence-corrected chi connectivity index (χ4v) is 7.94. The van der Waals surface area contributed by atoms with Crippen LogP contribution in [0.15, 0.2) is 225 Å². The topological polar surface area (TPSA) is 220 Å². The van der Waals surface area contributed by atoms with Gasteiger partial charge in [-0.15, -0.1) is 72.8 Å². The number of allylic oxidation sites excluding steroid dienone is 2. The number of rotatable bonds is 10. The van der Waals surface area contributed by atoms with Crippen molar-refractivity contribution in [3.8, 4) is 50.8 Å². The van der Waals surface area contributed by atoms with Gasteiger partial charge >= 0.3 is 26.1 Å². The van der Waals surface area contributed by atoms with Crippen LogP contribution in [0, 0.1) is 117 Å². The first-order chi connectivity index (χ1) is 50.8. The number of aromatic nitrogens is 10. The molecule has 6 aromatic carbocycles. The maximum absolute atomic E-state index is 13.4. The standard InChI is InChI=1S/2C12H8F2NO.C11H6F2N.C11H20O2.3C9H5F2N2.C6H5NO2.3Ir/c2*13-9-1-2-10(11(14)6-9)12-5-8(7-16)3-4-15-12;12-8-4-5-9(10(13)7-8)11-3-1-2-6-14-11;1-10(2,3)8(12)7-9(13)11(4,5)6;3*10-7-2-3-9(8(11)6-7)13-5-1-4-12-13;8-6(9)5-3-1-2-4-7-5;;;/h2*1,3-6,16H,7H2;1-4,6-7H;7,12H,1-6H3;3*1-2,4-6H;1-4H,(H,8,9);;;/q3*-1;;3*-1;;;;+3. The van der Waals surface area contributed by atoms with Crippen molar-refractivity contribution in [1.82, 2.24) is 49.3 Å². The summed E-state index contributed by atoms with van der Waals surface area (Å²) in [6.45, 7) is 10.8. The molecule has 0 aliphatic heterocycles. The molecular weight excluding hydrogens is 1990 g/mol. The van der Waals surface area contributed by atoms with Crippen molar-refractivity contribution in [3.63, 3.8) is 0 Å². The van der Waals surface area contributed by atoms with Gasteiger partial charge in [0.2, 0.25) is 0 Å². The number of hydrogen-bond acceptors (Lipinski definition) is 12. The van der Waals surface area contributed by atoms with Crippen molar-refractivity contribution in [1.29, 1.82) is 0 Å². The van der Waals surface area contributed by atoms with Crippen LogP contribution in [0.4, 0.5) is 52.7 Å². The van der Waals surface area contributed by atoms with Crippen molar-refractivity contribution in [3.05, 3.63) is 348 Å². The Bertz CT molecular complexity index is 4720. The van der Waals surface area contributed by atoms with Crippen molar-refractivity contribution in [2.24, 2.45) is 10.8 Å². The first-order valence-corrected chi connectivity index (χ1v) is 31.2. The minimum Gasteiger partial charge on any atom is -0.512 e. The fourth-order valence-electron chi connectivity index (χ4n) is 7.94. The van der Waals surface area contributed by atoms with E-state index in [0.29, 0.717) is 28.2 Å². The molecule has 0 aliphatic carbocycles. The van der Waals surface area contributed by atoms with Gasteiger partial charge in [0.15, 0.2) is 5.78 Å². The predicted molar refractivity (Wildman–Crippen MR) is 370 cm³/mol. The number of carboxylic acids is 1. The Morgan fingerprint density at radius 3 is 0.964 bits per heavy atom. The molecule has 578 valence electrons. The summed E-state index contributed by atoms with van der Waals surface area (Å²) in [6, 6.07) is 47.1. The quantitative estimate of drug-likeness (QED) is 0.0434. The van der Waals surface area contributed by atoms with Gasteiger partial charge in [-0.2, -0.15) is 33.5 Å². The van der Waals surface area contributed by atoms with Gasteiger partial charge in [-0.25, -0.2) is 9.78 Å². The molecule has 110 heavy (non-hydrogen) atoms. The van der Waals surface area contributed by atoms with E-state index in [4.69, 9.17) is 15.3 Å². The number of carboxylic acid groups (broad SMARTS) is 1. The molecule has 13 aromatic rings. The van der Waals surface area contributed by atoms with Crippen molar-refractivity contribution in [2.75, 3.05) is 0 Å². The first kappa shape index (κ1) is 93.5. The Balaban J connectivity index is 0.000000326. The number of hydrogen-bond donors (Lipinski definition) is 4. The summed E-state index contributed by atoms with van der Waals surface area (Å²) in [5, 5.41) is 47.1. The summed E-state index contributed by atoms with van der Waals surface area (Å²) in [5.74, 6) is -8.94. The zero-order valence-electron chi connectivity index (χ0n) is 58.3. The van der Waals surface area contributed by atoms with Gasteiger partial charge in [0, 0.05) is 189 Å². The zero-order valence-corrected chi connectivity index (χ0v) is 65.5. The maximum atomic E-state index is 13.4. The molecule has 13 rings (SSSR count). The summed E-state index contributed by atoms with van der Waals surface area (Å²) in [6.07, 6.45) is 16.5. The van der Waals surface area contributed by atoms with Gasteiger partial charge < -0.3 is 35.4 Å². The van der Waals surface area contributed by atoms with Crippen molar-refractivity contribution < 1.29 is 143 Å². The summed E-state index contributed by atoms with van der Waals surface area (Å²) >= 11 is 0. The van der Waals surface area contributed by atoms with Crippen LogP contribution in [0.3, 0.4) is 0 Å². The second-order valence-corrected chi connectivity index (χ2v) is 23.6. The SMILES string of the molecule is CC(C)(C)C(=O)C=C(O)C(C)(C)C.Fc1c[c-]c(-c2ccccn2)c(F)c1.Fc1c[c-]c(-n2cccn2)c(F)c1.Fc1c[c-]c(-n2cccn2)c(F)c1.Fc1c[c-]c(-n2cccn2)c(F)c1.O=C(O)c1ccccn1.OCc1ccnc(-c2[c-]cc(F)cc2F)c1.OCc1ccnc(-c2[c-]cc(F)cc2F)c1.[Ir+3].[Ir].[Ir]. The van der Waals surface area contributed by atoms with Crippen LogP contribution in [0.5, 0.6) is 0 Å². The van der Waals surface area contributed by atoms with Crippen LogP contribution in [0.1, 0.15) is 63.2 Å². The number of aromatic carboxylic acids is 1. The third kappa shape index (κ3) is 30.4. The van der Waals surface area contributed by atoms with Gasteiger partial charge in [-0.1, -0.05) is 107 Å². The monoisotopic (exact) mass is 2050 g/mol. The Labute approximate surface area is 664 Å². The van der Waals surface area contributed by atoms with E-state index in [1.165, 1.54) is 75.5 Å². The Morgan fingerprint density at radius 2 is 0.709 bits per heavy atom. The number of carbonyl (C=O) groups excluding carboxylic acids is 1.